The molecule has 2 aromatic rings. The highest BCUT2D eigenvalue weighted by atomic mass is 16.2. The summed E-state index contributed by atoms with van der Waals surface area (Å²) in [6, 6.07) is 6.02. The number of nitrogens with zero attached hydrogens (tertiary/aromatic N) is 2. The van der Waals surface area contributed by atoms with Crippen molar-refractivity contribution in [1.82, 2.24) is 20.2 Å². The number of benzene rings is 1. The van der Waals surface area contributed by atoms with Crippen LogP contribution in [-0.4, -0.2) is 41.4 Å². The number of hydrogen-bond acceptors (Lipinski definition) is 3. The van der Waals surface area contributed by atoms with Gasteiger partial charge in [0.15, 0.2) is 0 Å². The molecule has 2 N–H and O–H groups in total. The number of aryl methyl sites for hydroxylation is 1. The Balaban J connectivity index is 2.25. The lowest BCUT2D eigenvalue weighted by Crippen LogP contribution is -2.38. The molecule has 0 radical (unpaired) electrons. The molecule has 0 aliphatic rings. The minimum Gasteiger partial charge on any atom is -0.345 e. The van der Waals surface area contributed by atoms with Crippen molar-refractivity contribution in [2.45, 2.75) is 26.8 Å². The van der Waals surface area contributed by atoms with Gasteiger partial charge in [-0.15, -0.1) is 0 Å². The van der Waals surface area contributed by atoms with Crippen LogP contribution in [0, 0.1) is 12.8 Å². The lowest BCUT2D eigenvalue weighted by molar-refractivity contribution is -0.122. The number of nitrogens with one attached hydrogen (secondary N) is 2. The highest BCUT2D eigenvalue weighted by Crippen LogP contribution is 2.22. The summed E-state index contributed by atoms with van der Waals surface area (Å²) in [7, 11) is 3.77. The molecule has 5 heteroatoms. The van der Waals surface area contributed by atoms with Crippen LogP contribution in [0.3, 0.4) is 0 Å². The fourth-order valence-electron chi connectivity index (χ4n) is 2.35. The highest BCUT2D eigenvalue weighted by molar-refractivity contribution is 5.79. The van der Waals surface area contributed by atoms with E-state index in [1.54, 1.807) is 0 Å². The number of hydrogen-bond donors (Lipinski definition) is 2. The predicted octanol–water partition coefficient (Wildman–Crippen LogP) is 2.25. The van der Waals surface area contributed by atoms with Gasteiger partial charge in [0.05, 0.1) is 23.6 Å². The summed E-state index contributed by atoms with van der Waals surface area (Å²) in [6.07, 6.45) is 0. The van der Waals surface area contributed by atoms with Gasteiger partial charge in [0.1, 0.15) is 5.82 Å². The van der Waals surface area contributed by atoms with Gasteiger partial charge < -0.3 is 15.2 Å². The van der Waals surface area contributed by atoms with Gasteiger partial charge in [0, 0.05) is 0 Å². The van der Waals surface area contributed by atoms with Crippen LogP contribution < -0.4 is 5.32 Å². The molecule has 0 saturated carbocycles. The number of imidazole rings is 1. The Morgan fingerprint density at radius 1 is 1.38 bits per heavy atom. The Labute approximate surface area is 125 Å². The van der Waals surface area contributed by atoms with Crippen LogP contribution in [0.15, 0.2) is 18.2 Å². The maximum Gasteiger partial charge on any atom is 0.234 e. The molecule has 0 spiro atoms. The van der Waals surface area contributed by atoms with Crippen molar-refractivity contribution < 1.29 is 4.79 Å². The third-order valence-electron chi connectivity index (χ3n) is 3.39. The van der Waals surface area contributed by atoms with Crippen LogP contribution in [0.4, 0.5) is 0 Å². The molecule has 1 aromatic heterocycles. The van der Waals surface area contributed by atoms with Crippen LogP contribution in [0.1, 0.15) is 31.3 Å². The lowest BCUT2D eigenvalue weighted by Gasteiger charge is -2.21. The molecular weight excluding hydrogens is 264 g/mol. The summed E-state index contributed by atoms with van der Waals surface area (Å²) in [5, 5.41) is 3.07. The molecular formula is C16H24N4O. The molecule has 114 valence electrons. The Morgan fingerprint density at radius 2 is 2.10 bits per heavy atom. The Kier molecular flexibility index (Phi) is 4.63. The standard InChI is InChI=1S/C16H24N4O/c1-10(2)15(19-14(21)9-20(4)5)16-17-12-7-6-11(3)8-13(12)18-16/h6-8,10,15H,9H2,1-5H3,(H,17,18)(H,19,21). The minimum absolute atomic E-state index is 0.00957. The van der Waals surface area contributed by atoms with Gasteiger partial charge in [-0.2, -0.15) is 0 Å². The molecule has 0 aliphatic heterocycles. The van der Waals surface area contributed by atoms with Gasteiger partial charge in [-0.05, 0) is 44.6 Å². The molecule has 0 saturated heterocycles. The molecule has 1 atom stereocenters. The van der Waals surface area contributed by atoms with Crippen molar-refractivity contribution in [3.8, 4) is 0 Å². The zero-order valence-corrected chi connectivity index (χ0v) is 13.4. The van der Waals surface area contributed by atoms with Crippen LogP contribution >= 0.6 is 0 Å². The van der Waals surface area contributed by atoms with E-state index in [0.717, 1.165) is 16.9 Å². The number of amides is 1. The molecule has 0 fully saturated rings. The third-order valence-corrected chi connectivity index (χ3v) is 3.39. The Hall–Kier alpha value is -1.88. The van der Waals surface area contributed by atoms with E-state index in [0.29, 0.717) is 6.54 Å². The van der Waals surface area contributed by atoms with E-state index in [4.69, 9.17) is 0 Å². The first-order chi connectivity index (χ1) is 9.86. The summed E-state index contributed by atoms with van der Waals surface area (Å²) >= 11 is 0. The summed E-state index contributed by atoms with van der Waals surface area (Å²) in [5.41, 5.74) is 3.14. The number of aromatic nitrogens is 2. The van der Waals surface area contributed by atoms with Gasteiger partial charge in [-0.1, -0.05) is 19.9 Å². The SMILES string of the molecule is Cc1ccc2nc(C(NC(=O)CN(C)C)C(C)C)[nH]c2c1. The van der Waals surface area contributed by atoms with Gasteiger partial charge >= 0.3 is 0 Å². The second-order valence-corrected chi connectivity index (χ2v) is 6.17. The fraction of sp³-hybridized carbons (Fsp3) is 0.500. The van der Waals surface area contributed by atoms with E-state index in [2.05, 4.69) is 42.1 Å². The molecule has 1 amide bonds. The van der Waals surface area contributed by atoms with Gasteiger partial charge in [-0.25, -0.2) is 4.98 Å². The Bertz CT molecular complexity index is 630. The molecule has 21 heavy (non-hydrogen) atoms. The van der Waals surface area contributed by atoms with E-state index in [1.807, 2.05) is 31.1 Å². The first kappa shape index (κ1) is 15.5. The number of H-pyrrole nitrogens is 1. The Morgan fingerprint density at radius 3 is 2.71 bits per heavy atom. The van der Waals surface area contributed by atoms with Crippen LogP contribution in [0.25, 0.3) is 11.0 Å². The second kappa shape index (κ2) is 6.26. The fourth-order valence-corrected chi connectivity index (χ4v) is 2.35. The summed E-state index contributed by atoms with van der Waals surface area (Å²) in [5.74, 6) is 1.09. The van der Waals surface area contributed by atoms with Crippen molar-refractivity contribution in [2.24, 2.45) is 5.92 Å². The minimum atomic E-state index is -0.106. The van der Waals surface area contributed by atoms with E-state index in [9.17, 15) is 4.79 Å². The number of likely N-dealkylation sites (N-methyl/N-ethyl adjacent to an activating group) is 1. The van der Waals surface area contributed by atoms with Gasteiger partial charge in [0.2, 0.25) is 5.91 Å². The monoisotopic (exact) mass is 288 g/mol. The van der Waals surface area contributed by atoms with Crippen LogP contribution in [0.2, 0.25) is 0 Å². The van der Waals surface area contributed by atoms with Crippen molar-refractivity contribution in [3.63, 3.8) is 0 Å². The lowest BCUT2D eigenvalue weighted by atomic mass is 10.0. The van der Waals surface area contributed by atoms with Crippen molar-refractivity contribution in [2.75, 3.05) is 20.6 Å². The molecule has 2 rings (SSSR count). The average molecular weight is 288 g/mol. The van der Waals surface area contributed by atoms with Crippen molar-refractivity contribution in [3.05, 3.63) is 29.6 Å². The van der Waals surface area contributed by atoms with Crippen molar-refractivity contribution in [1.29, 1.82) is 0 Å². The highest BCUT2D eigenvalue weighted by Gasteiger charge is 2.21. The van der Waals surface area contributed by atoms with Gasteiger partial charge in [-0.3, -0.25) is 4.79 Å². The number of rotatable bonds is 5. The normalized spacial score (nSPS) is 13.1. The molecule has 5 nitrogen and oxygen atoms in total. The quantitative estimate of drug-likeness (QED) is 0.887. The molecule has 1 unspecified atom stereocenters. The zero-order valence-electron chi connectivity index (χ0n) is 13.4. The molecule has 1 aromatic carbocycles. The van der Waals surface area contributed by atoms with Crippen molar-refractivity contribution >= 4 is 16.9 Å². The number of carbonyl (C=O) groups excluding carboxylic acids is 1. The summed E-state index contributed by atoms with van der Waals surface area (Å²) in [6.45, 7) is 6.60. The van der Waals surface area contributed by atoms with E-state index in [1.165, 1.54) is 5.56 Å². The second-order valence-electron chi connectivity index (χ2n) is 6.17. The number of carbonyl (C=O) groups is 1. The molecule has 0 aliphatic carbocycles. The van der Waals surface area contributed by atoms with E-state index >= 15 is 0 Å². The third kappa shape index (κ3) is 3.82. The largest absolute Gasteiger partial charge is 0.345 e. The molecule has 0 bridgehead atoms. The summed E-state index contributed by atoms with van der Waals surface area (Å²) < 4.78 is 0. The number of aromatic amines is 1. The van der Waals surface area contributed by atoms with E-state index in [-0.39, 0.29) is 17.9 Å². The van der Waals surface area contributed by atoms with Gasteiger partial charge in [0.25, 0.3) is 0 Å². The summed E-state index contributed by atoms with van der Waals surface area (Å²) in [4.78, 5) is 21.8. The molecule has 1 heterocycles. The average Bonchev–Trinajstić information content (AvgIpc) is 2.77. The smallest absolute Gasteiger partial charge is 0.234 e. The van der Waals surface area contributed by atoms with E-state index < -0.39 is 0 Å². The maximum absolute atomic E-state index is 12.0. The zero-order chi connectivity index (χ0) is 15.6. The first-order valence-electron chi connectivity index (χ1n) is 7.27. The maximum atomic E-state index is 12.0. The van der Waals surface area contributed by atoms with Crippen LogP contribution in [0.5, 0.6) is 0 Å². The topological polar surface area (TPSA) is 61.0 Å². The van der Waals surface area contributed by atoms with Crippen LogP contribution in [-0.2, 0) is 4.79 Å². The predicted molar refractivity (Wildman–Crippen MR) is 85.1 cm³/mol. The first-order valence-corrected chi connectivity index (χ1v) is 7.27. The number of fused-ring (bicyclic) bond motifs is 1.